The minimum Gasteiger partial charge on any atom is -0.494 e. The molecule has 0 saturated heterocycles. The molecule has 0 fully saturated rings. The summed E-state index contributed by atoms with van der Waals surface area (Å²) in [6, 6.07) is 5.34. The molecule has 0 N–H and O–H groups in total. The number of carbonyl (C=O) groups is 1. The van der Waals surface area contributed by atoms with Gasteiger partial charge in [-0.2, -0.15) is 0 Å². The van der Waals surface area contributed by atoms with E-state index in [1.54, 1.807) is 0 Å². The van der Waals surface area contributed by atoms with Gasteiger partial charge in [-0.25, -0.2) is 17.6 Å². The highest BCUT2D eigenvalue weighted by Crippen LogP contribution is 2.20. The van der Waals surface area contributed by atoms with Crippen molar-refractivity contribution in [2.45, 2.75) is 6.42 Å². The van der Waals surface area contributed by atoms with Crippen LogP contribution in [-0.4, -0.2) is 12.9 Å². The number of hydrogen-bond acceptors (Lipinski definition) is 2. The summed E-state index contributed by atoms with van der Waals surface area (Å²) in [4.78, 5) is 11.9. The SMILES string of the molecule is COc1ccc(CC(=O)c2ccc(F)c(F)c2F)cc1F. The summed E-state index contributed by atoms with van der Waals surface area (Å²) in [7, 11) is 1.29. The zero-order valence-corrected chi connectivity index (χ0v) is 10.9. The summed E-state index contributed by atoms with van der Waals surface area (Å²) in [5, 5.41) is 0. The first-order valence-electron chi connectivity index (χ1n) is 5.93. The topological polar surface area (TPSA) is 26.3 Å². The van der Waals surface area contributed by atoms with Crippen molar-refractivity contribution in [3.05, 3.63) is 64.7 Å². The molecule has 0 amide bonds. The van der Waals surface area contributed by atoms with Gasteiger partial charge in [0, 0.05) is 6.42 Å². The number of methoxy groups -OCH3 is 1. The average molecular weight is 298 g/mol. The van der Waals surface area contributed by atoms with E-state index in [1.165, 1.54) is 19.2 Å². The molecule has 0 spiro atoms. The quantitative estimate of drug-likeness (QED) is 0.489. The molecule has 110 valence electrons. The van der Waals surface area contributed by atoms with Crippen molar-refractivity contribution in [2.75, 3.05) is 7.11 Å². The Morgan fingerprint density at radius 3 is 2.33 bits per heavy atom. The zero-order valence-electron chi connectivity index (χ0n) is 10.9. The molecule has 21 heavy (non-hydrogen) atoms. The smallest absolute Gasteiger partial charge is 0.195 e. The van der Waals surface area contributed by atoms with E-state index in [0.717, 1.165) is 12.1 Å². The summed E-state index contributed by atoms with van der Waals surface area (Å²) in [6.45, 7) is 0. The Morgan fingerprint density at radius 2 is 1.71 bits per heavy atom. The van der Waals surface area contributed by atoms with E-state index in [1.807, 2.05) is 0 Å². The molecule has 0 aliphatic heterocycles. The molecule has 0 heterocycles. The fraction of sp³-hybridized carbons (Fsp3) is 0.133. The van der Waals surface area contributed by atoms with E-state index in [4.69, 9.17) is 4.74 Å². The predicted molar refractivity (Wildman–Crippen MR) is 67.3 cm³/mol. The van der Waals surface area contributed by atoms with Crippen LogP contribution in [0, 0.1) is 23.3 Å². The van der Waals surface area contributed by atoms with E-state index in [-0.39, 0.29) is 17.7 Å². The minimum atomic E-state index is -1.71. The van der Waals surface area contributed by atoms with E-state index < -0.39 is 34.6 Å². The van der Waals surface area contributed by atoms with Gasteiger partial charge in [-0.3, -0.25) is 4.79 Å². The third kappa shape index (κ3) is 3.04. The monoisotopic (exact) mass is 298 g/mol. The van der Waals surface area contributed by atoms with Gasteiger partial charge in [0.1, 0.15) is 0 Å². The molecular formula is C15H10F4O2. The summed E-state index contributed by atoms with van der Waals surface area (Å²) >= 11 is 0. The number of carbonyl (C=O) groups excluding carboxylic acids is 1. The Labute approximate surface area is 118 Å². The molecule has 6 heteroatoms. The Morgan fingerprint density at radius 1 is 1.00 bits per heavy atom. The molecule has 0 aliphatic carbocycles. The lowest BCUT2D eigenvalue weighted by Crippen LogP contribution is -2.09. The highest BCUT2D eigenvalue weighted by atomic mass is 19.2. The highest BCUT2D eigenvalue weighted by Gasteiger charge is 2.19. The molecule has 2 aromatic rings. The molecule has 0 radical (unpaired) electrons. The van der Waals surface area contributed by atoms with Crippen LogP contribution in [0.15, 0.2) is 30.3 Å². The van der Waals surface area contributed by atoms with Crippen molar-refractivity contribution in [2.24, 2.45) is 0 Å². The molecule has 0 aromatic heterocycles. The fourth-order valence-corrected chi connectivity index (χ4v) is 1.84. The lowest BCUT2D eigenvalue weighted by Gasteiger charge is -2.06. The van der Waals surface area contributed by atoms with E-state index in [0.29, 0.717) is 6.07 Å². The van der Waals surface area contributed by atoms with Crippen molar-refractivity contribution in [1.29, 1.82) is 0 Å². The van der Waals surface area contributed by atoms with Crippen LogP contribution in [0.5, 0.6) is 5.75 Å². The van der Waals surface area contributed by atoms with Crippen LogP contribution in [0.25, 0.3) is 0 Å². The molecule has 0 unspecified atom stereocenters. The van der Waals surface area contributed by atoms with Crippen LogP contribution in [0.4, 0.5) is 17.6 Å². The predicted octanol–water partition coefficient (Wildman–Crippen LogP) is 3.68. The van der Waals surface area contributed by atoms with Gasteiger partial charge in [-0.15, -0.1) is 0 Å². The number of hydrogen-bond donors (Lipinski definition) is 0. The normalized spacial score (nSPS) is 10.5. The summed E-state index contributed by atoms with van der Waals surface area (Å²) in [5.41, 5.74) is -0.312. The maximum absolute atomic E-state index is 13.5. The molecule has 2 aromatic carbocycles. The third-order valence-corrected chi connectivity index (χ3v) is 2.92. The van der Waals surface area contributed by atoms with E-state index in [2.05, 4.69) is 0 Å². The van der Waals surface area contributed by atoms with Crippen LogP contribution in [-0.2, 0) is 6.42 Å². The van der Waals surface area contributed by atoms with E-state index >= 15 is 0 Å². The van der Waals surface area contributed by atoms with Crippen LogP contribution in [0.3, 0.4) is 0 Å². The maximum Gasteiger partial charge on any atom is 0.195 e. The van der Waals surface area contributed by atoms with Gasteiger partial charge in [0.2, 0.25) is 0 Å². The third-order valence-electron chi connectivity index (χ3n) is 2.92. The van der Waals surface area contributed by atoms with Gasteiger partial charge in [0.05, 0.1) is 12.7 Å². The molecule has 2 rings (SSSR count). The standard InChI is InChI=1S/C15H10F4O2/c1-21-13-5-2-8(6-11(13)17)7-12(20)9-3-4-10(16)15(19)14(9)18/h2-6H,7H2,1H3. The summed E-state index contributed by atoms with van der Waals surface area (Å²) < 4.78 is 57.6. The summed E-state index contributed by atoms with van der Waals surface area (Å²) in [5.74, 6) is -6.08. The average Bonchev–Trinajstić information content (AvgIpc) is 2.45. The number of rotatable bonds is 4. The largest absolute Gasteiger partial charge is 0.494 e. The fourth-order valence-electron chi connectivity index (χ4n) is 1.84. The number of Topliss-reactive ketones (excluding diaryl/α,β-unsaturated/α-hetero) is 1. The molecule has 0 aliphatic rings. The number of ketones is 1. The second kappa shape index (κ2) is 5.95. The Hall–Kier alpha value is -2.37. The van der Waals surface area contributed by atoms with Crippen LogP contribution in [0.1, 0.15) is 15.9 Å². The number of benzene rings is 2. The van der Waals surface area contributed by atoms with Gasteiger partial charge >= 0.3 is 0 Å². The van der Waals surface area contributed by atoms with Crippen molar-refractivity contribution < 1.29 is 27.1 Å². The van der Waals surface area contributed by atoms with Gasteiger partial charge in [0.15, 0.2) is 34.8 Å². The van der Waals surface area contributed by atoms with Crippen molar-refractivity contribution in [3.8, 4) is 5.75 Å². The molecule has 0 bridgehead atoms. The highest BCUT2D eigenvalue weighted by molar-refractivity contribution is 5.97. The zero-order chi connectivity index (χ0) is 15.6. The van der Waals surface area contributed by atoms with Gasteiger partial charge in [-0.1, -0.05) is 6.07 Å². The van der Waals surface area contributed by atoms with Crippen LogP contribution >= 0.6 is 0 Å². The lowest BCUT2D eigenvalue weighted by atomic mass is 10.0. The molecular weight excluding hydrogens is 288 g/mol. The van der Waals surface area contributed by atoms with Gasteiger partial charge < -0.3 is 4.74 Å². The van der Waals surface area contributed by atoms with Gasteiger partial charge in [0.25, 0.3) is 0 Å². The number of halogens is 4. The van der Waals surface area contributed by atoms with E-state index in [9.17, 15) is 22.4 Å². The van der Waals surface area contributed by atoms with Crippen molar-refractivity contribution in [1.82, 2.24) is 0 Å². The first-order chi connectivity index (χ1) is 9.93. The van der Waals surface area contributed by atoms with Crippen LogP contribution in [0.2, 0.25) is 0 Å². The Bertz CT molecular complexity index is 698. The lowest BCUT2D eigenvalue weighted by molar-refractivity contribution is 0.0988. The minimum absolute atomic E-state index is 0.00482. The van der Waals surface area contributed by atoms with Crippen molar-refractivity contribution >= 4 is 5.78 Å². The Kier molecular flexibility index (Phi) is 4.26. The number of ether oxygens (including phenoxy) is 1. The second-order valence-corrected chi connectivity index (χ2v) is 4.29. The first kappa shape index (κ1) is 15.0. The van der Waals surface area contributed by atoms with Crippen molar-refractivity contribution in [3.63, 3.8) is 0 Å². The molecule has 0 atom stereocenters. The maximum atomic E-state index is 13.5. The molecule has 0 saturated carbocycles. The Balaban J connectivity index is 2.26. The summed E-state index contributed by atoms with van der Waals surface area (Å²) in [6.07, 6.45) is -0.344. The van der Waals surface area contributed by atoms with Gasteiger partial charge in [-0.05, 0) is 29.8 Å². The first-order valence-corrected chi connectivity index (χ1v) is 5.93. The second-order valence-electron chi connectivity index (χ2n) is 4.29. The molecule has 2 nitrogen and oxygen atoms in total. The van der Waals surface area contributed by atoms with Crippen LogP contribution < -0.4 is 4.74 Å².